The molecule has 8 heteroatoms. The first-order valence-corrected chi connectivity index (χ1v) is 17.5. The average Bonchev–Trinajstić information content (AvgIpc) is 3.42. The Labute approximate surface area is 308 Å². The van der Waals surface area contributed by atoms with Gasteiger partial charge in [-0.2, -0.15) is 0 Å². The lowest BCUT2D eigenvalue weighted by Gasteiger charge is -2.42. The molecule has 2 N–H and O–H groups in total. The van der Waals surface area contributed by atoms with Gasteiger partial charge in [0.25, 0.3) is 11.8 Å². The zero-order valence-electron chi connectivity index (χ0n) is 29.5. The van der Waals surface area contributed by atoms with Crippen LogP contribution in [0.4, 0.5) is 11.4 Å². The van der Waals surface area contributed by atoms with Crippen molar-refractivity contribution >= 4 is 23.2 Å². The highest BCUT2D eigenvalue weighted by Crippen LogP contribution is 2.55. The van der Waals surface area contributed by atoms with E-state index >= 15 is 9.59 Å². The maximum absolute atomic E-state index is 15.8. The quantitative estimate of drug-likeness (QED) is 0.0749. The summed E-state index contributed by atoms with van der Waals surface area (Å²) in [6.07, 6.45) is -0.755. The first kappa shape index (κ1) is 35.5. The van der Waals surface area contributed by atoms with Crippen molar-refractivity contribution in [1.29, 1.82) is 0 Å². The number of hydrazine groups is 1. The van der Waals surface area contributed by atoms with Crippen LogP contribution in [-0.2, 0) is 30.6 Å². The second-order valence-electron chi connectivity index (χ2n) is 13.6. The average molecular weight is 705 g/mol. The summed E-state index contributed by atoms with van der Waals surface area (Å²) >= 11 is 0. The summed E-state index contributed by atoms with van der Waals surface area (Å²) in [6, 6.07) is 50.9. The highest BCUT2D eigenvalue weighted by atomic mass is 17.1. The van der Waals surface area contributed by atoms with E-state index < -0.39 is 28.4 Å². The predicted octanol–water partition coefficient (Wildman–Crippen LogP) is 9.23. The highest BCUT2D eigenvalue weighted by Gasteiger charge is 2.66. The lowest BCUT2D eigenvalue weighted by atomic mass is 9.64. The van der Waals surface area contributed by atoms with Crippen LogP contribution >= 0.6 is 0 Å². The maximum atomic E-state index is 15.8. The molecule has 2 unspecified atom stereocenters. The lowest BCUT2D eigenvalue weighted by molar-refractivity contribution is -0.331. The number of amides is 2. The van der Waals surface area contributed by atoms with Crippen LogP contribution in [0, 0.1) is 19.3 Å². The van der Waals surface area contributed by atoms with Crippen molar-refractivity contribution in [3.8, 4) is 0 Å². The molecule has 266 valence electrons. The summed E-state index contributed by atoms with van der Waals surface area (Å²) < 4.78 is 0. The summed E-state index contributed by atoms with van der Waals surface area (Å²) in [7, 11) is 0. The van der Waals surface area contributed by atoms with E-state index in [0.29, 0.717) is 33.6 Å². The lowest BCUT2D eigenvalue weighted by Crippen LogP contribution is -2.50. The Bertz CT molecular complexity index is 2010. The van der Waals surface area contributed by atoms with E-state index in [1.165, 1.54) is 10.0 Å². The van der Waals surface area contributed by atoms with E-state index in [1.54, 1.807) is 72.8 Å². The van der Waals surface area contributed by atoms with Gasteiger partial charge < -0.3 is 0 Å². The molecule has 7 rings (SSSR count). The number of aryl methyl sites for hydroxylation is 2. The fraction of sp³-hybridized carbons (Fsp3) is 0.156. The van der Waals surface area contributed by atoms with Crippen molar-refractivity contribution in [1.82, 2.24) is 0 Å². The molecule has 0 saturated carbocycles. The van der Waals surface area contributed by atoms with Crippen LogP contribution < -0.4 is 10.0 Å². The van der Waals surface area contributed by atoms with Gasteiger partial charge in [0.15, 0.2) is 11.2 Å². The normalized spacial score (nSPS) is 16.3. The van der Waals surface area contributed by atoms with Gasteiger partial charge in [0.1, 0.15) is 5.41 Å². The van der Waals surface area contributed by atoms with Gasteiger partial charge in [-0.3, -0.25) is 20.1 Å². The summed E-state index contributed by atoms with van der Waals surface area (Å²) in [5.74, 6) is -1.18. The smallest absolute Gasteiger partial charge is 0.262 e. The van der Waals surface area contributed by atoms with Crippen molar-refractivity contribution in [2.45, 2.75) is 37.9 Å². The van der Waals surface area contributed by atoms with Crippen molar-refractivity contribution < 1.29 is 29.9 Å². The largest absolute Gasteiger partial charge is 0.271 e. The standard InChI is InChI=1S/C45H40N2O6/c1-33-23-27-37(28-24-33)44(52-50,35-15-7-3-8-16-35)31-43(32-45(53-51,36-17-9-4-10-18-36)38-29-25-34(2)26-30-38)41(48)46(39-19-11-5-12-20-39)47(42(43)49)40-21-13-6-14-22-40/h3-30,50-51H,31-32H2,1-2H3. The number of nitrogens with zero attached hydrogens (tertiary/aromatic N) is 2. The summed E-state index contributed by atoms with van der Waals surface area (Å²) in [4.78, 5) is 43.0. The highest BCUT2D eigenvalue weighted by molar-refractivity contribution is 6.26. The van der Waals surface area contributed by atoms with Gasteiger partial charge in [-0.15, -0.1) is 0 Å². The molecule has 0 aromatic heterocycles. The summed E-state index contributed by atoms with van der Waals surface area (Å²) in [5, 5.41) is 25.3. The van der Waals surface area contributed by atoms with E-state index in [9.17, 15) is 10.5 Å². The fourth-order valence-electron chi connectivity index (χ4n) is 7.57. The first-order valence-electron chi connectivity index (χ1n) is 17.5. The zero-order valence-corrected chi connectivity index (χ0v) is 29.5. The minimum atomic E-state index is -2.06. The Morgan fingerprint density at radius 1 is 0.453 bits per heavy atom. The Morgan fingerprint density at radius 3 is 1.04 bits per heavy atom. The van der Waals surface area contributed by atoms with Crippen molar-refractivity contribution in [3.63, 3.8) is 0 Å². The number of anilines is 2. The Balaban J connectivity index is 1.56. The second kappa shape index (κ2) is 14.6. The van der Waals surface area contributed by atoms with Crippen molar-refractivity contribution in [3.05, 3.63) is 203 Å². The fourth-order valence-corrected chi connectivity index (χ4v) is 7.57. The van der Waals surface area contributed by atoms with Crippen LogP contribution in [-0.4, -0.2) is 22.3 Å². The SMILES string of the molecule is Cc1ccc(C(CC2(CC(OO)(c3ccccc3)c3ccc(C)cc3)C(=O)N(c3ccccc3)N(c3ccccc3)C2=O)(OO)c2ccccc2)cc1. The van der Waals surface area contributed by atoms with Crippen LogP contribution in [0.3, 0.4) is 0 Å². The van der Waals surface area contributed by atoms with Crippen molar-refractivity contribution in [2.24, 2.45) is 5.41 Å². The van der Waals surface area contributed by atoms with Crippen LogP contribution in [0.15, 0.2) is 170 Å². The molecule has 2 atom stereocenters. The monoisotopic (exact) mass is 704 g/mol. The Kier molecular flexibility index (Phi) is 9.79. The molecule has 0 bridgehead atoms. The number of carbonyl (C=O) groups excluding carboxylic acids is 2. The van der Waals surface area contributed by atoms with Crippen LogP contribution in [0.1, 0.15) is 46.2 Å². The minimum Gasteiger partial charge on any atom is -0.271 e. The molecule has 0 radical (unpaired) electrons. The molecule has 0 spiro atoms. The van der Waals surface area contributed by atoms with Crippen LogP contribution in [0.2, 0.25) is 0 Å². The van der Waals surface area contributed by atoms with Crippen LogP contribution in [0.25, 0.3) is 0 Å². The third-order valence-corrected chi connectivity index (χ3v) is 10.3. The van der Waals surface area contributed by atoms with E-state index in [1.807, 2.05) is 111 Å². The van der Waals surface area contributed by atoms with Gasteiger partial charge in [-0.05, 0) is 60.4 Å². The van der Waals surface area contributed by atoms with Gasteiger partial charge in [0.05, 0.1) is 11.4 Å². The van der Waals surface area contributed by atoms with Gasteiger partial charge in [-0.1, -0.05) is 157 Å². The number of rotatable bonds is 12. The molecular formula is C45H40N2O6. The molecule has 2 amide bonds. The van der Waals surface area contributed by atoms with E-state index in [2.05, 4.69) is 0 Å². The number of benzene rings is 6. The maximum Gasteiger partial charge on any atom is 0.262 e. The predicted molar refractivity (Wildman–Crippen MR) is 204 cm³/mol. The number of carbonyl (C=O) groups is 2. The molecule has 1 aliphatic heterocycles. The Morgan fingerprint density at radius 2 is 0.736 bits per heavy atom. The molecule has 6 aromatic rings. The van der Waals surface area contributed by atoms with E-state index in [0.717, 1.165) is 11.1 Å². The molecule has 53 heavy (non-hydrogen) atoms. The Hall–Kier alpha value is -5.90. The van der Waals surface area contributed by atoms with Gasteiger partial charge in [0.2, 0.25) is 0 Å². The molecular weight excluding hydrogens is 665 g/mol. The molecule has 0 aliphatic carbocycles. The number of hydrogen-bond donors (Lipinski definition) is 2. The van der Waals surface area contributed by atoms with Gasteiger partial charge >= 0.3 is 0 Å². The van der Waals surface area contributed by atoms with Gasteiger partial charge in [0, 0.05) is 12.8 Å². The molecule has 1 fully saturated rings. The minimum absolute atomic E-state index is 0.377. The third kappa shape index (κ3) is 6.22. The topological polar surface area (TPSA) is 99.5 Å². The van der Waals surface area contributed by atoms with Crippen LogP contribution in [0.5, 0.6) is 0 Å². The molecule has 1 aliphatic rings. The van der Waals surface area contributed by atoms with Gasteiger partial charge in [-0.25, -0.2) is 19.8 Å². The van der Waals surface area contributed by atoms with Crippen molar-refractivity contribution in [2.75, 3.05) is 10.0 Å². The summed E-state index contributed by atoms with van der Waals surface area (Å²) in [5.41, 5.74) is -0.641. The number of para-hydroxylation sites is 2. The molecule has 1 saturated heterocycles. The van der Waals surface area contributed by atoms with E-state index in [4.69, 9.17) is 9.78 Å². The zero-order chi connectivity index (χ0) is 37.1. The molecule has 8 nitrogen and oxygen atoms in total. The molecule has 6 aromatic carbocycles. The third-order valence-electron chi connectivity index (χ3n) is 10.3. The first-order chi connectivity index (χ1) is 25.8. The van der Waals surface area contributed by atoms with E-state index in [-0.39, 0.29) is 12.8 Å². The molecule has 1 heterocycles. The summed E-state index contributed by atoms with van der Waals surface area (Å²) in [6.45, 7) is 3.90. The number of hydrogen-bond acceptors (Lipinski definition) is 6. The second-order valence-corrected chi connectivity index (χ2v) is 13.6.